The van der Waals surface area contributed by atoms with Gasteiger partial charge in [0.2, 0.25) is 0 Å². The largest absolute Gasteiger partial charge is 0.494 e. The Labute approximate surface area is 102 Å². The van der Waals surface area contributed by atoms with E-state index in [4.69, 9.17) is 4.74 Å². The van der Waals surface area contributed by atoms with Crippen LogP contribution >= 0.6 is 11.9 Å². The molecule has 0 aliphatic heterocycles. The Balaban J connectivity index is 2.43. The molecule has 2 nitrogen and oxygen atoms in total. The van der Waals surface area contributed by atoms with Gasteiger partial charge in [0.05, 0.1) is 12.8 Å². The Morgan fingerprint density at radius 3 is 2.56 bits per heavy atom. The van der Waals surface area contributed by atoms with Crippen LogP contribution in [0.3, 0.4) is 0 Å². The smallest absolute Gasteiger partial charge is 0.145 e. The van der Waals surface area contributed by atoms with Gasteiger partial charge in [0, 0.05) is 6.26 Å². The monoisotopic (exact) mass is 237 g/mol. The Kier molecular flexibility index (Phi) is 3.06. The molecule has 0 radical (unpaired) electrons. The number of hydrogen-bond acceptors (Lipinski definition) is 3. The van der Waals surface area contributed by atoms with Crippen molar-refractivity contribution in [2.75, 3.05) is 18.1 Å². The fraction of sp³-hybridized carbons (Fsp3) is 0.538. The van der Waals surface area contributed by atoms with Crippen molar-refractivity contribution in [2.24, 2.45) is 0 Å². The molecule has 1 aromatic rings. The topological polar surface area (TPSA) is 21.3 Å². The molecule has 3 heteroatoms. The minimum Gasteiger partial charge on any atom is -0.494 e. The van der Waals surface area contributed by atoms with E-state index in [2.05, 4.69) is 30.7 Å². The van der Waals surface area contributed by atoms with Crippen LogP contribution in [0.5, 0.6) is 5.75 Å². The van der Waals surface area contributed by atoms with Crippen LogP contribution in [-0.2, 0) is 5.41 Å². The molecule has 1 aliphatic rings. The lowest BCUT2D eigenvalue weighted by Gasteiger charge is -2.17. The van der Waals surface area contributed by atoms with Crippen molar-refractivity contribution in [3.63, 3.8) is 0 Å². The van der Waals surface area contributed by atoms with Crippen LogP contribution in [0, 0.1) is 6.92 Å². The van der Waals surface area contributed by atoms with Gasteiger partial charge in [-0.1, -0.05) is 24.9 Å². The molecule has 1 saturated carbocycles. The summed E-state index contributed by atoms with van der Waals surface area (Å²) in [5.74, 6) is 0.961. The minimum absolute atomic E-state index is 0.409. The van der Waals surface area contributed by atoms with E-state index < -0.39 is 0 Å². The number of rotatable bonds is 4. The predicted molar refractivity (Wildman–Crippen MR) is 71.5 cm³/mol. The number of aryl methyl sites for hydroxylation is 1. The molecule has 1 N–H and O–H groups in total. The van der Waals surface area contributed by atoms with E-state index in [1.807, 2.05) is 6.26 Å². The van der Waals surface area contributed by atoms with Gasteiger partial charge in [-0.2, -0.15) is 0 Å². The Bertz CT molecular complexity index is 399. The van der Waals surface area contributed by atoms with E-state index in [0.717, 1.165) is 11.4 Å². The number of methoxy groups -OCH3 is 1. The zero-order chi connectivity index (χ0) is 11.8. The number of anilines is 1. The summed E-state index contributed by atoms with van der Waals surface area (Å²) in [6.45, 7) is 4.44. The number of nitrogens with one attached hydrogen (secondary N) is 1. The van der Waals surface area contributed by atoms with E-state index in [9.17, 15) is 0 Å². The second-order valence-corrected chi connectivity index (χ2v) is 5.35. The van der Waals surface area contributed by atoms with Crippen LogP contribution in [-0.4, -0.2) is 13.4 Å². The average Bonchev–Trinajstić information content (AvgIpc) is 2.98. The Hall–Kier alpha value is -0.830. The quantitative estimate of drug-likeness (QED) is 0.806. The van der Waals surface area contributed by atoms with Gasteiger partial charge in [-0.3, -0.25) is 0 Å². The van der Waals surface area contributed by atoms with Gasteiger partial charge < -0.3 is 9.46 Å². The molecule has 0 spiro atoms. The van der Waals surface area contributed by atoms with Gasteiger partial charge in [-0.15, -0.1) is 0 Å². The van der Waals surface area contributed by atoms with E-state index >= 15 is 0 Å². The first-order chi connectivity index (χ1) is 7.60. The summed E-state index contributed by atoms with van der Waals surface area (Å²) >= 11 is 1.60. The zero-order valence-electron chi connectivity index (χ0n) is 10.4. The van der Waals surface area contributed by atoms with Crippen molar-refractivity contribution in [3.05, 3.63) is 23.3 Å². The summed E-state index contributed by atoms with van der Waals surface area (Å²) < 4.78 is 8.74. The van der Waals surface area contributed by atoms with Crippen LogP contribution < -0.4 is 9.46 Å². The van der Waals surface area contributed by atoms with Gasteiger partial charge in [-0.05, 0) is 42.4 Å². The summed E-state index contributed by atoms with van der Waals surface area (Å²) in [4.78, 5) is 0. The zero-order valence-corrected chi connectivity index (χ0v) is 11.2. The summed E-state index contributed by atoms with van der Waals surface area (Å²) in [6.07, 6.45) is 4.63. The van der Waals surface area contributed by atoms with E-state index in [0.29, 0.717) is 5.41 Å². The lowest BCUT2D eigenvalue weighted by Crippen LogP contribution is -2.03. The fourth-order valence-electron chi connectivity index (χ4n) is 2.06. The molecule has 88 valence electrons. The van der Waals surface area contributed by atoms with Crippen LogP contribution in [0.2, 0.25) is 0 Å². The second kappa shape index (κ2) is 4.21. The molecule has 0 amide bonds. The lowest BCUT2D eigenvalue weighted by molar-refractivity contribution is 0.413. The van der Waals surface area contributed by atoms with Gasteiger partial charge in [0.15, 0.2) is 0 Å². The predicted octanol–water partition coefficient (Wildman–Crippen LogP) is 3.75. The fourth-order valence-corrected chi connectivity index (χ4v) is 2.43. The highest BCUT2D eigenvalue weighted by molar-refractivity contribution is 7.99. The van der Waals surface area contributed by atoms with Crippen molar-refractivity contribution in [3.8, 4) is 5.75 Å². The molecule has 1 fully saturated rings. The maximum Gasteiger partial charge on any atom is 0.145 e. The van der Waals surface area contributed by atoms with E-state index in [1.165, 1.54) is 24.0 Å². The highest BCUT2D eigenvalue weighted by Crippen LogP contribution is 2.49. The standard InChI is InChI=1S/C13H19NOS/c1-9-7-10(13(2)5-6-13)8-11(14-16-4)12(9)15-3/h7-8,14H,5-6H2,1-4H3. The van der Waals surface area contributed by atoms with Crippen LogP contribution in [0.25, 0.3) is 0 Å². The first kappa shape index (κ1) is 11.6. The summed E-state index contributed by atoms with van der Waals surface area (Å²) in [6, 6.07) is 4.49. The normalized spacial score (nSPS) is 17.0. The molecule has 16 heavy (non-hydrogen) atoms. The number of ether oxygens (including phenoxy) is 1. The van der Waals surface area contributed by atoms with Crippen molar-refractivity contribution >= 4 is 17.6 Å². The molecular formula is C13H19NOS. The van der Waals surface area contributed by atoms with Gasteiger partial charge in [-0.25, -0.2) is 0 Å². The summed E-state index contributed by atoms with van der Waals surface area (Å²) in [5.41, 5.74) is 4.15. The minimum atomic E-state index is 0.409. The van der Waals surface area contributed by atoms with Crippen molar-refractivity contribution in [2.45, 2.75) is 32.1 Å². The van der Waals surface area contributed by atoms with Crippen molar-refractivity contribution in [1.29, 1.82) is 0 Å². The van der Waals surface area contributed by atoms with E-state index in [-0.39, 0.29) is 0 Å². The van der Waals surface area contributed by atoms with Crippen LogP contribution in [0.4, 0.5) is 5.69 Å². The maximum absolute atomic E-state index is 5.44. The Morgan fingerprint density at radius 2 is 2.06 bits per heavy atom. The number of benzene rings is 1. The highest BCUT2D eigenvalue weighted by Gasteiger charge is 2.39. The first-order valence-corrected chi connectivity index (χ1v) is 6.81. The molecular weight excluding hydrogens is 218 g/mol. The Morgan fingerprint density at radius 1 is 1.38 bits per heavy atom. The molecule has 0 aromatic heterocycles. The summed E-state index contributed by atoms with van der Waals surface area (Å²) in [7, 11) is 1.73. The van der Waals surface area contributed by atoms with Crippen LogP contribution in [0.1, 0.15) is 30.9 Å². The van der Waals surface area contributed by atoms with Crippen molar-refractivity contribution in [1.82, 2.24) is 0 Å². The van der Waals surface area contributed by atoms with Gasteiger partial charge in [0.25, 0.3) is 0 Å². The molecule has 2 rings (SSSR count). The maximum atomic E-state index is 5.44. The summed E-state index contributed by atoms with van der Waals surface area (Å²) in [5, 5.41) is 0. The SMILES string of the molecule is COc1c(C)cc(C2(C)CC2)cc1NSC. The van der Waals surface area contributed by atoms with Crippen LogP contribution in [0.15, 0.2) is 12.1 Å². The molecule has 0 bridgehead atoms. The highest BCUT2D eigenvalue weighted by atomic mass is 32.2. The van der Waals surface area contributed by atoms with Crippen molar-refractivity contribution < 1.29 is 4.74 Å². The average molecular weight is 237 g/mol. The third-order valence-electron chi connectivity index (χ3n) is 3.39. The molecule has 0 heterocycles. The van der Waals surface area contributed by atoms with Gasteiger partial charge in [0.1, 0.15) is 5.75 Å². The third kappa shape index (κ3) is 2.01. The molecule has 0 unspecified atom stereocenters. The molecule has 1 aromatic carbocycles. The third-order valence-corrected chi connectivity index (χ3v) is 3.81. The second-order valence-electron chi connectivity index (χ2n) is 4.74. The first-order valence-electron chi connectivity index (χ1n) is 5.59. The lowest BCUT2D eigenvalue weighted by atomic mass is 9.95. The van der Waals surface area contributed by atoms with Gasteiger partial charge >= 0.3 is 0 Å². The molecule has 0 atom stereocenters. The molecule has 1 aliphatic carbocycles. The molecule has 0 saturated heterocycles. The van der Waals surface area contributed by atoms with E-state index in [1.54, 1.807) is 19.1 Å². The number of hydrogen-bond donors (Lipinski definition) is 1.